The smallest absolute Gasteiger partial charge is 0.278 e. The molecule has 1 aliphatic carbocycles. The molecule has 0 unspecified atom stereocenters. The van der Waals surface area contributed by atoms with E-state index in [9.17, 15) is 29.4 Å². The summed E-state index contributed by atoms with van der Waals surface area (Å²) in [4.78, 5) is 80.8. The molecule has 0 saturated carbocycles. The number of hydrogen-bond donors (Lipinski definition) is 5. The number of hydrogen-bond acceptors (Lipinski definition) is 14. The zero-order chi connectivity index (χ0) is 54.6. The van der Waals surface area contributed by atoms with Crippen molar-refractivity contribution in [1.82, 2.24) is 49.7 Å². The van der Waals surface area contributed by atoms with Gasteiger partial charge in [0.25, 0.3) is 5.56 Å². The van der Waals surface area contributed by atoms with Crippen molar-refractivity contribution < 1.29 is 24.6 Å². The number of aliphatic hydroxyl groups is 2. The maximum Gasteiger partial charge on any atom is 0.278 e. The fourth-order valence-corrected chi connectivity index (χ4v) is 11.8. The van der Waals surface area contributed by atoms with Crippen LogP contribution in [0.4, 0.5) is 17.3 Å². The minimum atomic E-state index is -1.01. The van der Waals surface area contributed by atoms with Gasteiger partial charge in [-0.05, 0) is 105 Å². The first-order chi connectivity index (χ1) is 36.9. The Balaban J connectivity index is 0.707. The van der Waals surface area contributed by atoms with Crippen molar-refractivity contribution in [3.05, 3.63) is 118 Å². The van der Waals surface area contributed by atoms with Crippen LogP contribution in [0.25, 0.3) is 27.3 Å². The number of nitrogens with one attached hydrogen (secondary N) is 3. The van der Waals surface area contributed by atoms with Gasteiger partial charge in [0.1, 0.15) is 23.1 Å². The quantitative estimate of drug-likeness (QED) is 0.0375. The Bertz CT molecular complexity index is 3140. The van der Waals surface area contributed by atoms with Gasteiger partial charge in [-0.25, -0.2) is 24.3 Å². The molecule has 0 bridgehead atoms. The van der Waals surface area contributed by atoms with E-state index < -0.39 is 29.2 Å². The molecule has 6 heterocycles. The Morgan fingerprint density at radius 2 is 1.69 bits per heavy atom. The van der Waals surface area contributed by atoms with Gasteiger partial charge >= 0.3 is 0 Å². The van der Waals surface area contributed by atoms with Crippen LogP contribution in [0.2, 0.25) is 0 Å². The van der Waals surface area contributed by atoms with Gasteiger partial charge in [0.2, 0.25) is 23.7 Å². The predicted octanol–water partition coefficient (Wildman–Crippen LogP) is 7.33. The van der Waals surface area contributed by atoms with E-state index in [-0.39, 0.29) is 48.8 Å². The summed E-state index contributed by atoms with van der Waals surface area (Å²) in [5.41, 5.74) is 6.88. The minimum Gasteiger partial charge on any atom is -0.391 e. The molecule has 9 rings (SSSR count). The molecule has 5 atom stereocenters. The van der Waals surface area contributed by atoms with Gasteiger partial charge < -0.3 is 36.0 Å². The number of benzene rings is 2. The number of allylic oxidation sites excluding steroid dienone is 1. The largest absolute Gasteiger partial charge is 0.391 e. The van der Waals surface area contributed by atoms with Crippen LogP contribution in [-0.4, -0.2) is 124 Å². The summed E-state index contributed by atoms with van der Waals surface area (Å²) >= 11 is 1.58. The molecular formula is C58H74N12O6S. The van der Waals surface area contributed by atoms with E-state index in [2.05, 4.69) is 54.4 Å². The Morgan fingerprint density at radius 1 is 0.948 bits per heavy atom. The van der Waals surface area contributed by atoms with Crippen molar-refractivity contribution in [2.24, 2.45) is 5.41 Å². The molecule has 6 aromatic rings. The van der Waals surface area contributed by atoms with Crippen molar-refractivity contribution in [2.45, 2.75) is 136 Å². The van der Waals surface area contributed by atoms with Gasteiger partial charge in [0.05, 0.1) is 40.5 Å². The van der Waals surface area contributed by atoms with Gasteiger partial charge in [-0.2, -0.15) is 4.98 Å². The maximum absolute atomic E-state index is 14.2. The van der Waals surface area contributed by atoms with E-state index in [1.54, 1.807) is 22.1 Å². The topological polar surface area (TPSA) is 216 Å². The number of unbranched alkanes of at least 4 members (excludes halogenated alkanes) is 3. The minimum absolute atomic E-state index is 0.0236. The number of fused-ring (bicyclic) bond motifs is 2. The molecule has 2 saturated heterocycles. The van der Waals surface area contributed by atoms with Crippen molar-refractivity contribution in [2.75, 3.05) is 49.5 Å². The number of anilines is 3. The number of β-amino-alcohol motifs (C(OH)–C–C–N with tert-alkyl or cyclic N) is 1. The lowest BCUT2D eigenvalue weighted by atomic mass is 9.85. The zero-order valence-corrected chi connectivity index (χ0v) is 46.1. The Labute approximate surface area is 454 Å². The summed E-state index contributed by atoms with van der Waals surface area (Å²) in [5, 5.41) is 31.8. The summed E-state index contributed by atoms with van der Waals surface area (Å²) in [7, 11) is 0. The fraction of sp³-hybridized carbons (Fsp3) is 0.483. The summed E-state index contributed by atoms with van der Waals surface area (Å²) in [6.45, 7) is 20.3. The van der Waals surface area contributed by atoms with Crippen LogP contribution in [0.1, 0.15) is 115 Å². The molecule has 2 aromatic carbocycles. The summed E-state index contributed by atoms with van der Waals surface area (Å²) < 4.78 is 3.23. The first-order valence-electron chi connectivity index (χ1n) is 27.2. The van der Waals surface area contributed by atoms with Gasteiger partial charge in [0, 0.05) is 63.1 Å². The number of amides is 3. The number of pyridine rings is 1. The first kappa shape index (κ1) is 55.0. The molecule has 408 valence electrons. The van der Waals surface area contributed by atoms with Gasteiger partial charge in [-0.1, -0.05) is 76.9 Å². The van der Waals surface area contributed by atoms with Gasteiger partial charge in [-0.15, -0.1) is 17.9 Å². The lowest BCUT2D eigenvalue weighted by Gasteiger charge is -2.36. The van der Waals surface area contributed by atoms with Gasteiger partial charge in [0.15, 0.2) is 11.5 Å². The number of carbonyl (C=O) groups is 3. The highest BCUT2D eigenvalue weighted by Gasteiger charge is 2.45. The molecule has 4 aromatic heterocycles. The van der Waals surface area contributed by atoms with Crippen molar-refractivity contribution in [3.8, 4) is 16.3 Å². The van der Waals surface area contributed by atoms with Crippen LogP contribution < -0.4 is 26.4 Å². The normalized spacial score (nSPS) is 19.5. The predicted molar refractivity (Wildman–Crippen MR) is 301 cm³/mol. The fourth-order valence-electron chi connectivity index (χ4n) is 11.0. The molecule has 5 N–H and O–H groups in total. The van der Waals surface area contributed by atoms with Crippen LogP contribution in [-0.2, 0) is 33.0 Å². The molecule has 2 aliphatic heterocycles. The number of aryl methyl sites for hydroxylation is 2. The Hall–Kier alpha value is -6.80. The number of thiazole rings is 1. The second-order valence-electron chi connectivity index (χ2n) is 22.0. The van der Waals surface area contributed by atoms with Crippen molar-refractivity contribution in [1.29, 1.82) is 0 Å². The van der Waals surface area contributed by atoms with Crippen molar-refractivity contribution in [3.63, 3.8) is 0 Å². The molecule has 3 amide bonds. The van der Waals surface area contributed by atoms with Crippen molar-refractivity contribution >= 4 is 57.4 Å². The monoisotopic (exact) mass is 1070 g/mol. The van der Waals surface area contributed by atoms with E-state index in [1.165, 1.54) is 15.8 Å². The number of rotatable bonds is 20. The van der Waals surface area contributed by atoms with Crippen LogP contribution in [0.3, 0.4) is 0 Å². The zero-order valence-electron chi connectivity index (χ0n) is 45.3. The second-order valence-corrected chi connectivity index (χ2v) is 22.9. The summed E-state index contributed by atoms with van der Waals surface area (Å²) in [6.07, 6.45) is 8.29. The summed E-state index contributed by atoms with van der Waals surface area (Å²) in [6, 6.07) is 18.0. The van der Waals surface area contributed by atoms with E-state index in [1.807, 2.05) is 95.6 Å². The molecule has 19 heteroatoms. The van der Waals surface area contributed by atoms with Crippen LogP contribution >= 0.6 is 11.3 Å². The number of nitrogens with zero attached hydrogens (tertiary/aromatic N) is 9. The standard InChI is InChI=1S/C58H74N12O6S/c1-8-27-69-54(74)45-34-59-56(65-52(45)70(69)47-24-19-41-25-26-58(76,9-2)50(41)63-47)62-42-20-22-43(23-21-42)67-31-29-66(30-32-67)28-13-11-10-12-14-48(72)64-51(57(5,6)7)55(75)68-35-44(71)33-46(68)53(73)61-37(3)39-15-17-40(18-16-39)49-38(4)60-36-77-49/h8,15-24,34,36-37,44,46,51,71,76H,1,9-14,25-33,35H2,2-7H3,(H,61,73)(H,64,72)(H,59,62,65)/t37-,44+,46-,51+,58+/m0/s1. The number of likely N-dealkylation sites (tertiary alicyclic amines) is 1. The number of piperazine rings is 1. The van der Waals surface area contributed by atoms with Crippen LogP contribution in [0, 0.1) is 12.3 Å². The van der Waals surface area contributed by atoms with Gasteiger partial charge in [-0.3, -0.25) is 24.1 Å². The van der Waals surface area contributed by atoms with E-state index in [0.29, 0.717) is 54.2 Å². The SMILES string of the molecule is C=CCn1c(=O)c2cnc(Nc3ccc(N4CCN(CCCCCCC(=O)N[C@H](C(=O)N5C[C@H](O)C[C@H]5C(=O)N[C@@H](C)c5ccc(-c6scnc6C)cc5)C(C)(C)C)CC4)cc3)nc2n1-c1ccc2c(n1)[C@@](O)(CC)CC2. The number of aliphatic hydroxyl groups excluding tert-OH is 1. The Morgan fingerprint density at radius 3 is 2.38 bits per heavy atom. The molecular weight excluding hydrogens is 993 g/mol. The number of aromatic nitrogens is 6. The average Bonchev–Trinajstić information content (AvgIpc) is 4.20. The molecule has 3 aliphatic rings. The third kappa shape index (κ3) is 12.2. The molecule has 0 radical (unpaired) electrons. The third-order valence-electron chi connectivity index (χ3n) is 15.5. The first-order valence-corrected chi connectivity index (χ1v) is 28.1. The Kier molecular flexibility index (Phi) is 16.7. The molecule has 18 nitrogen and oxygen atoms in total. The van der Waals surface area contributed by atoms with E-state index in [0.717, 1.165) is 97.0 Å². The van der Waals surface area contributed by atoms with Crippen LogP contribution in [0.5, 0.6) is 0 Å². The number of carbonyl (C=O) groups excluding carboxylic acids is 3. The lowest BCUT2D eigenvalue weighted by molar-refractivity contribution is -0.144. The van der Waals surface area contributed by atoms with Crippen LogP contribution in [0.15, 0.2) is 89.8 Å². The second kappa shape index (κ2) is 23.4. The molecule has 77 heavy (non-hydrogen) atoms. The molecule has 2 fully saturated rings. The highest BCUT2D eigenvalue weighted by Crippen LogP contribution is 2.39. The summed E-state index contributed by atoms with van der Waals surface area (Å²) in [5.74, 6) is -0.0658. The maximum atomic E-state index is 14.2. The highest BCUT2D eigenvalue weighted by molar-refractivity contribution is 7.13. The lowest BCUT2D eigenvalue weighted by Crippen LogP contribution is -2.57. The molecule has 0 spiro atoms. The highest BCUT2D eigenvalue weighted by atomic mass is 32.1. The van der Waals surface area contributed by atoms with E-state index in [4.69, 9.17) is 9.97 Å². The average molecular weight is 1070 g/mol. The third-order valence-corrected chi connectivity index (χ3v) is 16.5. The van der Waals surface area contributed by atoms with E-state index >= 15 is 0 Å².